The van der Waals surface area contributed by atoms with E-state index in [0.717, 1.165) is 5.56 Å². The number of rotatable bonds is 6. The maximum absolute atomic E-state index is 13.5. The molecule has 27 heavy (non-hydrogen) atoms. The summed E-state index contributed by atoms with van der Waals surface area (Å²) < 4.78 is 29.5. The van der Waals surface area contributed by atoms with Gasteiger partial charge in [0.1, 0.15) is 11.5 Å². The molecule has 1 amide bonds. The molecule has 1 aliphatic rings. The number of carbonyl (C=O) groups excluding carboxylic acids is 1. The zero-order valence-electron chi connectivity index (χ0n) is 14.8. The molecule has 8 heteroatoms. The zero-order chi connectivity index (χ0) is 19.0. The molecule has 1 aliphatic heterocycles. The molecular formula is C19H18FN3O4. The van der Waals surface area contributed by atoms with E-state index in [4.69, 9.17) is 13.9 Å². The smallest absolute Gasteiger partial charge is 0.275 e. The zero-order valence-corrected chi connectivity index (χ0v) is 14.8. The fourth-order valence-electron chi connectivity index (χ4n) is 3.38. The molecule has 1 unspecified atom stereocenters. The van der Waals surface area contributed by atoms with E-state index in [1.807, 2.05) is 0 Å². The average Bonchev–Trinajstić information content (AvgIpc) is 3.39. The Morgan fingerprint density at radius 2 is 2.00 bits per heavy atom. The minimum absolute atomic E-state index is 0.196. The Balaban J connectivity index is 1.83. The molecular weight excluding hydrogens is 353 g/mol. The Hall–Kier alpha value is -2.97. The van der Waals surface area contributed by atoms with E-state index in [2.05, 4.69) is 10.2 Å². The first-order chi connectivity index (χ1) is 13.1. The molecule has 0 aliphatic carbocycles. The van der Waals surface area contributed by atoms with Gasteiger partial charge in [0.05, 0.1) is 18.8 Å². The maximum Gasteiger partial charge on any atom is 0.275 e. The first-order valence-electron chi connectivity index (χ1n) is 8.38. The van der Waals surface area contributed by atoms with Gasteiger partial charge in [0.15, 0.2) is 17.7 Å². The number of nitrogens with one attached hydrogen (secondary N) is 1. The van der Waals surface area contributed by atoms with Crippen LogP contribution < -0.4 is 0 Å². The molecule has 1 atom stereocenters. The van der Waals surface area contributed by atoms with Crippen LogP contribution in [0.3, 0.4) is 0 Å². The Kier molecular flexibility index (Phi) is 4.51. The second-order valence-corrected chi connectivity index (χ2v) is 6.15. The summed E-state index contributed by atoms with van der Waals surface area (Å²) in [5, 5.41) is 7.10. The Labute approximate surface area is 154 Å². The van der Waals surface area contributed by atoms with E-state index in [0.29, 0.717) is 22.7 Å². The average molecular weight is 371 g/mol. The number of hydrogen-bond donors (Lipinski definition) is 1. The lowest BCUT2D eigenvalue weighted by Crippen LogP contribution is -2.38. The lowest BCUT2D eigenvalue weighted by Gasteiger charge is -2.29. The summed E-state index contributed by atoms with van der Waals surface area (Å²) in [7, 11) is 3.02. The first kappa shape index (κ1) is 17.4. The number of halogens is 1. The molecule has 7 nitrogen and oxygen atoms in total. The molecule has 0 spiro atoms. The van der Waals surface area contributed by atoms with Crippen molar-refractivity contribution in [2.75, 3.05) is 20.8 Å². The summed E-state index contributed by atoms with van der Waals surface area (Å²) in [6.45, 7) is 0.196. The van der Waals surface area contributed by atoms with Crippen molar-refractivity contribution in [1.29, 1.82) is 0 Å². The first-order valence-corrected chi connectivity index (χ1v) is 8.38. The molecule has 3 heterocycles. The topological polar surface area (TPSA) is 80.6 Å². The van der Waals surface area contributed by atoms with Crippen LogP contribution in [-0.4, -0.2) is 48.1 Å². The molecule has 1 aromatic carbocycles. The standard InChI is InChI=1S/C19H18FN3O4/c1-25-14(26-2)10-23-18(11-5-7-12(20)8-6-11)15-16(13-4-3-9-27-13)21-22-17(15)19(23)24/h3-9,14,18H,10H2,1-2H3,(H,21,22). The van der Waals surface area contributed by atoms with Crippen molar-refractivity contribution in [1.82, 2.24) is 15.1 Å². The van der Waals surface area contributed by atoms with Crippen molar-refractivity contribution in [3.05, 3.63) is 65.3 Å². The van der Waals surface area contributed by atoms with E-state index >= 15 is 0 Å². The van der Waals surface area contributed by atoms with Crippen LogP contribution in [0, 0.1) is 5.82 Å². The molecule has 0 radical (unpaired) electrons. The number of hydrogen-bond acceptors (Lipinski definition) is 5. The van der Waals surface area contributed by atoms with E-state index in [1.54, 1.807) is 35.4 Å². The van der Waals surface area contributed by atoms with Gasteiger partial charge >= 0.3 is 0 Å². The largest absolute Gasteiger partial charge is 0.463 e. The highest BCUT2D eigenvalue weighted by Crippen LogP contribution is 2.42. The van der Waals surface area contributed by atoms with Gasteiger partial charge < -0.3 is 18.8 Å². The molecule has 1 N–H and O–H groups in total. The van der Waals surface area contributed by atoms with Crippen molar-refractivity contribution >= 4 is 5.91 Å². The van der Waals surface area contributed by atoms with Crippen molar-refractivity contribution < 1.29 is 23.1 Å². The van der Waals surface area contributed by atoms with Crippen molar-refractivity contribution in [2.24, 2.45) is 0 Å². The number of H-pyrrole nitrogens is 1. The van der Waals surface area contributed by atoms with Gasteiger partial charge in [0.2, 0.25) is 0 Å². The van der Waals surface area contributed by atoms with Gasteiger partial charge in [-0.3, -0.25) is 9.89 Å². The number of carbonyl (C=O) groups is 1. The van der Waals surface area contributed by atoms with Crippen molar-refractivity contribution in [2.45, 2.75) is 12.3 Å². The predicted octanol–water partition coefficient (Wildman–Crippen LogP) is 2.97. The van der Waals surface area contributed by atoms with Gasteiger partial charge in [-0.25, -0.2) is 4.39 Å². The summed E-state index contributed by atoms with van der Waals surface area (Å²) in [5.74, 6) is -0.0343. The Morgan fingerprint density at radius 1 is 1.26 bits per heavy atom. The van der Waals surface area contributed by atoms with Crippen LogP contribution in [0.2, 0.25) is 0 Å². The number of nitrogens with zero attached hydrogens (tertiary/aromatic N) is 2. The number of aromatic amines is 1. The minimum Gasteiger partial charge on any atom is -0.463 e. The number of benzene rings is 1. The summed E-state index contributed by atoms with van der Waals surface area (Å²) >= 11 is 0. The van der Waals surface area contributed by atoms with Gasteiger partial charge in [-0.05, 0) is 29.8 Å². The summed E-state index contributed by atoms with van der Waals surface area (Å²) in [6.07, 6.45) is 0.951. The third kappa shape index (κ3) is 2.92. The summed E-state index contributed by atoms with van der Waals surface area (Å²) in [5.41, 5.74) is 2.37. The highest BCUT2D eigenvalue weighted by atomic mass is 19.1. The number of amides is 1. The third-order valence-corrected chi connectivity index (χ3v) is 4.68. The molecule has 0 saturated carbocycles. The lowest BCUT2D eigenvalue weighted by atomic mass is 9.98. The minimum atomic E-state index is -0.600. The van der Waals surface area contributed by atoms with Crippen molar-refractivity contribution in [3.8, 4) is 11.5 Å². The van der Waals surface area contributed by atoms with Gasteiger partial charge in [0, 0.05) is 19.8 Å². The van der Waals surface area contributed by atoms with Crippen LogP contribution in [0.4, 0.5) is 4.39 Å². The van der Waals surface area contributed by atoms with Gasteiger partial charge in [0.25, 0.3) is 5.91 Å². The van der Waals surface area contributed by atoms with E-state index in [9.17, 15) is 9.18 Å². The van der Waals surface area contributed by atoms with Crippen LogP contribution in [-0.2, 0) is 9.47 Å². The highest BCUT2D eigenvalue weighted by Gasteiger charge is 2.43. The normalized spacial score (nSPS) is 16.4. The fourth-order valence-corrected chi connectivity index (χ4v) is 3.38. The third-order valence-electron chi connectivity index (χ3n) is 4.68. The number of furan rings is 1. The number of aromatic nitrogens is 2. The molecule has 0 fully saturated rings. The highest BCUT2D eigenvalue weighted by molar-refractivity contribution is 6.00. The number of fused-ring (bicyclic) bond motifs is 1. The quantitative estimate of drug-likeness (QED) is 0.674. The van der Waals surface area contributed by atoms with Crippen LogP contribution in [0.1, 0.15) is 27.7 Å². The lowest BCUT2D eigenvalue weighted by molar-refractivity contribution is -0.113. The molecule has 3 aromatic rings. The van der Waals surface area contributed by atoms with Crippen LogP contribution >= 0.6 is 0 Å². The van der Waals surface area contributed by atoms with Crippen molar-refractivity contribution in [3.63, 3.8) is 0 Å². The Bertz CT molecular complexity index is 933. The summed E-state index contributed by atoms with van der Waals surface area (Å²) in [4.78, 5) is 14.6. The monoisotopic (exact) mass is 371 g/mol. The van der Waals surface area contributed by atoms with Gasteiger partial charge in [-0.15, -0.1) is 0 Å². The predicted molar refractivity (Wildman–Crippen MR) is 93.4 cm³/mol. The van der Waals surface area contributed by atoms with Gasteiger partial charge in [-0.1, -0.05) is 12.1 Å². The molecule has 140 valence electrons. The van der Waals surface area contributed by atoms with Crippen LogP contribution in [0.5, 0.6) is 0 Å². The second kappa shape index (κ2) is 6.98. The van der Waals surface area contributed by atoms with Crippen LogP contribution in [0.25, 0.3) is 11.5 Å². The maximum atomic E-state index is 13.5. The van der Waals surface area contributed by atoms with E-state index < -0.39 is 12.3 Å². The molecule has 0 saturated heterocycles. The molecule has 0 bridgehead atoms. The van der Waals surface area contributed by atoms with Crippen LogP contribution in [0.15, 0.2) is 47.1 Å². The second-order valence-electron chi connectivity index (χ2n) is 6.15. The van der Waals surface area contributed by atoms with E-state index in [-0.39, 0.29) is 18.3 Å². The SMILES string of the molecule is COC(CN1C(=O)c2n[nH]c(-c3ccco3)c2C1c1ccc(F)cc1)OC. The summed E-state index contributed by atoms with van der Waals surface area (Å²) in [6, 6.07) is 9.12. The fraction of sp³-hybridized carbons (Fsp3) is 0.263. The van der Waals surface area contributed by atoms with E-state index in [1.165, 1.54) is 26.4 Å². The number of methoxy groups -OCH3 is 2. The molecule has 2 aromatic heterocycles. The Morgan fingerprint density at radius 3 is 2.63 bits per heavy atom. The number of ether oxygens (including phenoxy) is 2. The van der Waals surface area contributed by atoms with Gasteiger partial charge in [-0.2, -0.15) is 5.10 Å². The molecule has 4 rings (SSSR count).